The number of piperidine rings is 1. The van der Waals surface area contributed by atoms with Gasteiger partial charge in [-0.3, -0.25) is 9.69 Å². The molecule has 1 saturated heterocycles. The molecule has 1 aliphatic heterocycles. The number of hydrogen-bond acceptors (Lipinski definition) is 2. The fourth-order valence-corrected chi connectivity index (χ4v) is 2.72. The number of hydrogen-bond donors (Lipinski definition) is 0. The van der Waals surface area contributed by atoms with Gasteiger partial charge in [-0.1, -0.05) is 18.2 Å². The Bertz CT molecular complexity index is 573. The smallest absolute Gasteiger partial charge is 0.149 e. The molecule has 1 aromatic carbocycles. The molecule has 0 N–H and O–H groups in total. The van der Waals surface area contributed by atoms with Crippen LogP contribution in [-0.2, 0) is 11.5 Å². The summed E-state index contributed by atoms with van der Waals surface area (Å²) in [6.07, 6.45) is 3.84. The van der Waals surface area contributed by atoms with Crippen LogP contribution in [0.4, 0.5) is 0 Å². The van der Waals surface area contributed by atoms with Crippen LogP contribution in [0.1, 0.15) is 19.8 Å². The lowest BCUT2D eigenvalue weighted by molar-refractivity contribution is -0.127. The van der Waals surface area contributed by atoms with Gasteiger partial charge in [0, 0.05) is 24.7 Å². The molecule has 1 atom stereocenters. The number of carbonyl (C=O) groups excluding carboxylic acids is 1. The number of ketones is 1. The van der Waals surface area contributed by atoms with Crippen LogP contribution in [0, 0.1) is 0 Å². The van der Waals surface area contributed by atoms with Crippen molar-refractivity contribution >= 4 is 16.7 Å². The molecule has 3 rings (SSSR count). The number of Topliss-reactive ketones (excluding diaryl/α,β-unsaturated/α-hetero) is 1. The number of fused-ring (bicyclic) bond motifs is 1. The Morgan fingerprint density at radius 3 is 3.00 bits per heavy atom. The number of aromatic nitrogens is 1. The number of carbonyl (C=O) groups is 1. The van der Waals surface area contributed by atoms with E-state index < -0.39 is 0 Å². The number of benzene rings is 1. The maximum atomic E-state index is 11.7. The van der Waals surface area contributed by atoms with Crippen LogP contribution in [0.15, 0.2) is 36.5 Å². The highest BCUT2D eigenvalue weighted by Gasteiger charge is 2.25. The summed E-state index contributed by atoms with van der Waals surface area (Å²) < 4.78 is 2.23. The summed E-state index contributed by atoms with van der Waals surface area (Å²) in [6.45, 7) is 3.84. The number of likely N-dealkylation sites (tertiary alicyclic amines) is 1. The zero-order chi connectivity index (χ0) is 12.5. The predicted molar refractivity (Wildman–Crippen MR) is 72.3 cm³/mol. The second-order valence-electron chi connectivity index (χ2n) is 5.04. The van der Waals surface area contributed by atoms with Gasteiger partial charge in [0.2, 0.25) is 0 Å². The molecule has 0 saturated carbocycles. The second kappa shape index (κ2) is 4.58. The first-order valence-electron chi connectivity index (χ1n) is 6.56. The lowest BCUT2D eigenvalue weighted by atomic mass is 10.0. The van der Waals surface area contributed by atoms with Gasteiger partial charge in [-0.15, -0.1) is 0 Å². The Morgan fingerprint density at radius 2 is 2.11 bits per heavy atom. The monoisotopic (exact) mass is 242 g/mol. The van der Waals surface area contributed by atoms with Gasteiger partial charge in [0.15, 0.2) is 0 Å². The summed E-state index contributed by atoms with van der Waals surface area (Å²) in [6, 6.07) is 10.6. The second-order valence-corrected chi connectivity index (χ2v) is 5.04. The topological polar surface area (TPSA) is 25.2 Å². The van der Waals surface area contributed by atoms with E-state index in [0.29, 0.717) is 5.78 Å². The van der Waals surface area contributed by atoms with E-state index in [1.807, 2.05) is 6.92 Å². The van der Waals surface area contributed by atoms with Crippen molar-refractivity contribution in [3.8, 4) is 0 Å². The van der Waals surface area contributed by atoms with Crippen LogP contribution >= 0.6 is 0 Å². The molecule has 0 bridgehead atoms. The van der Waals surface area contributed by atoms with Gasteiger partial charge in [0.05, 0.1) is 12.7 Å². The molecule has 2 aromatic rings. The Balaban J connectivity index is 1.85. The SMILES string of the molecule is CC1C(=O)CCCN1Cn1ccc2ccccc21. The van der Waals surface area contributed by atoms with Gasteiger partial charge >= 0.3 is 0 Å². The van der Waals surface area contributed by atoms with Crippen LogP contribution in [0.5, 0.6) is 0 Å². The normalized spacial score (nSPS) is 21.6. The van der Waals surface area contributed by atoms with E-state index in [1.54, 1.807) is 0 Å². The zero-order valence-corrected chi connectivity index (χ0v) is 10.7. The van der Waals surface area contributed by atoms with Crippen molar-refractivity contribution in [2.45, 2.75) is 32.5 Å². The zero-order valence-electron chi connectivity index (χ0n) is 10.7. The third kappa shape index (κ3) is 1.95. The molecule has 1 aromatic heterocycles. The van der Waals surface area contributed by atoms with Gasteiger partial charge < -0.3 is 4.57 Å². The summed E-state index contributed by atoms with van der Waals surface area (Å²) in [4.78, 5) is 14.0. The summed E-state index contributed by atoms with van der Waals surface area (Å²) in [5.41, 5.74) is 1.24. The summed E-state index contributed by atoms with van der Waals surface area (Å²) in [7, 11) is 0. The average Bonchev–Trinajstić information content (AvgIpc) is 2.79. The van der Waals surface area contributed by atoms with Crippen molar-refractivity contribution < 1.29 is 4.79 Å². The molecule has 0 amide bonds. The minimum atomic E-state index is 0.0555. The molecule has 1 fully saturated rings. The number of rotatable bonds is 2. The fraction of sp³-hybridized carbons (Fsp3) is 0.400. The standard InChI is InChI=1S/C15H18N2O/c1-12-15(18)7-4-9-16(12)11-17-10-8-13-5-2-3-6-14(13)17/h2-3,5-6,8,10,12H,4,7,9,11H2,1H3. The Kier molecular flexibility index (Phi) is 2.92. The molecule has 0 radical (unpaired) electrons. The molecule has 1 unspecified atom stereocenters. The van der Waals surface area contributed by atoms with Gasteiger partial charge in [-0.25, -0.2) is 0 Å². The Hall–Kier alpha value is -1.61. The van der Waals surface area contributed by atoms with Crippen molar-refractivity contribution in [1.82, 2.24) is 9.47 Å². The Labute approximate surface area is 107 Å². The molecule has 94 valence electrons. The Morgan fingerprint density at radius 1 is 1.28 bits per heavy atom. The summed E-state index contributed by atoms with van der Waals surface area (Å²) >= 11 is 0. The molecular formula is C15H18N2O. The highest BCUT2D eigenvalue weighted by molar-refractivity contribution is 5.84. The molecule has 1 aliphatic rings. The van der Waals surface area contributed by atoms with Crippen LogP contribution < -0.4 is 0 Å². The first-order chi connectivity index (χ1) is 8.75. The predicted octanol–water partition coefficient (Wildman–Crippen LogP) is 2.65. The van der Waals surface area contributed by atoms with Crippen LogP contribution in [0.3, 0.4) is 0 Å². The van der Waals surface area contributed by atoms with Gasteiger partial charge in [0.25, 0.3) is 0 Å². The van der Waals surface area contributed by atoms with Crippen molar-refractivity contribution in [2.24, 2.45) is 0 Å². The maximum Gasteiger partial charge on any atom is 0.149 e. The quantitative estimate of drug-likeness (QED) is 0.809. The van der Waals surface area contributed by atoms with E-state index in [9.17, 15) is 4.79 Å². The minimum Gasteiger partial charge on any atom is -0.334 e. The van der Waals surface area contributed by atoms with Crippen molar-refractivity contribution in [3.63, 3.8) is 0 Å². The number of para-hydroxylation sites is 1. The van der Waals surface area contributed by atoms with Crippen LogP contribution in [0.2, 0.25) is 0 Å². The van der Waals surface area contributed by atoms with E-state index in [1.165, 1.54) is 10.9 Å². The minimum absolute atomic E-state index is 0.0555. The lowest BCUT2D eigenvalue weighted by Gasteiger charge is -2.32. The van der Waals surface area contributed by atoms with Crippen LogP contribution in [0.25, 0.3) is 10.9 Å². The van der Waals surface area contributed by atoms with Crippen molar-refractivity contribution in [3.05, 3.63) is 36.5 Å². The first kappa shape index (κ1) is 11.5. The van der Waals surface area contributed by atoms with Crippen LogP contribution in [-0.4, -0.2) is 27.8 Å². The molecule has 3 nitrogen and oxygen atoms in total. The van der Waals surface area contributed by atoms with E-state index in [0.717, 1.165) is 26.1 Å². The third-order valence-corrected chi connectivity index (χ3v) is 3.90. The molecule has 0 spiro atoms. The van der Waals surface area contributed by atoms with E-state index in [2.05, 4.69) is 46.0 Å². The average molecular weight is 242 g/mol. The largest absolute Gasteiger partial charge is 0.334 e. The fourth-order valence-electron chi connectivity index (χ4n) is 2.72. The van der Waals surface area contributed by atoms with Gasteiger partial charge in [0.1, 0.15) is 5.78 Å². The van der Waals surface area contributed by atoms with E-state index >= 15 is 0 Å². The summed E-state index contributed by atoms with van der Waals surface area (Å²) in [5.74, 6) is 0.373. The first-order valence-corrected chi connectivity index (χ1v) is 6.56. The molecule has 3 heteroatoms. The van der Waals surface area contributed by atoms with Crippen molar-refractivity contribution in [1.29, 1.82) is 0 Å². The molecule has 0 aliphatic carbocycles. The molecule has 18 heavy (non-hydrogen) atoms. The number of nitrogens with zero attached hydrogens (tertiary/aromatic N) is 2. The van der Waals surface area contributed by atoms with Crippen molar-refractivity contribution in [2.75, 3.05) is 6.54 Å². The molecular weight excluding hydrogens is 224 g/mol. The van der Waals surface area contributed by atoms with Gasteiger partial charge in [-0.2, -0.15) is 0 Å². The highest BCUT2D eigenvalue weighted by atomic mass is 16.1. The highest BCUT2D eigenvalue weighted by Crippen LogP contribution is 2.19. The van der Waals surface area contributed by atoms with Gasteiger partial charge in [-0.05, 0) is 30.9 Å². The molecule has 2 heterocycles. The van der Waals surface area contributed by atoms with E-state index in [4.69, 9.17) is 0 Å². The maximum absolute atomic E-state index is 11.7. The van der Waals surface area contributed by atoms with E-state index in [-0.39, 0.29) is 6.04 Å². The lowest BCUT2D eigenvalue weighted by Crippen LogP contribution is -2.44. The summed E-state index contributed by atoms with van der Waals surface area (Å²) in [5, 5.41) is 1.26. The third-order valence-electron chi connectivity index (χ3n) is 3.90.